The fourth-order valence-corrected chi connectivity index (χ4v) is 2.68. The minimum atomic E-state index is 0.0152. The summed E-state index contributed by atoms with van der Waals surface area (Å²) in [5, 5.41) is 14.7. The molecule has 6 heteroatoms. The van der Waals surface area contributed by atoms with E-state index in [9.17, 15) is 0 Å². The molecule has 1 aromatic carbocycles. The van der Waals surface area contributed by atoms with E-state index >= 15 is 0 Å². The van der Waals surface area contributed by atoms with Gasteiger partial charge in [-0.2, -0.15) is 5.10 Å². The van der Waals surface area contributed by atoms with Crippen LogP contribution in [0.2, 0.25) is 5.02 Å². The molecule has 0 unspecified atom stereocenters. The lowest BCUT2D eigenvalue weighted by Crippen LogP contribution is -2.05. The molecule has 0 radical (unpaired) electrons. The van der Waals surface area contributed by atoms with Crippen LogP contribution in [0.15, 0.2) is 16.7 Å². The van der Waals surface area contributed by atoms with Gasteiger partial charge in [-0.15, -0.1) is 0 Å². The first-order chi connectivity index (χ1) is 8.19. The Morgan fingerprint density at radius 2 is 2.29 bits per heavy atom. The number of halogens is 2. The summed E-state index contributed by atoms with van der Waals surface area (Å²) in [5.41, 5.74) is 0.806. The fraction of sp³-hybridized carbons (Fsp3) is 0.364. The Labute approximate surface area is 112 Å². The van der Waals surface area contributed by atoms with Crippen molar-refractivity contribution in [2.75, 3.05) is 13.2 Å². The van der Waals surface area contributed by atoms with Crippen molar-refractivity contribution in [1.29, 1.82) is 0 Å². The minimum Gasteiger partial charge on any atom is -0.492 e. The predicted octanol–water partition coefficient (Wildman–Crippen LogP) is 2.84. The molecule has 1 aromatic heterocycles. The average Bonchev–Trinajstić information content (AvgIpc) is 2.62. The van der Waals surface area contributed by atoms with Crippen LogP contribution in [-0.4, -0.2) is 28.1 Å². The summed E-state index contributed by atoms with van der Waals surface area (Å²) in [5.74, 6) is 0.721. The number of aliphatic hydroxyl groups is 1. The van der Waals surface area contributed by atoms with E-state index in [-0.39, 0.29) is 6.61 Å². The van der Waals surface area contributed by atoms with Crippen LogP contribution in [0.5, 0.6) is 5.75 Å². The van der Waals surface area contributed by atoms with Gasteiger partial charge in [-0.1, -0.05) is 11.6 Å². The number of hydrogen-bond donors (Lipinski definition) is 1. The largest absolute Gasteiger partial charge is 0.492 e. The maximum absolute atomic E-state index is 9.03. The zero-order chi connectivity index (χ0) is 12.4. The van der Waals surface area contributed by atoms with E-state index in [0.717, 1.165) is 16.7 Å². The molecule has 0 amide bonds. The lowest BCUT2D eigenvalue weighted by atomic mass is 10.2. The second-order valence-electron chi connectivity index (χ2n) is 3.44. The Kier molecular flexibility index (Phi) is 3.91. The predicted molar refractivity (Wildman–Crippen MR) is 70.7 cm³/mol. The summed E-state index contributed by atoms with van der Waals surface area (Å²) < 4.78 is 7.90. The Morgan fingerprint density at radius 1 is 1.53 bits per heavy atom. The van der Waals surface area contributed by atoms with Crippen molar-refractivity contribution in [2.24, 2.45) is 0 Å². The molecule has 17 heavy (non-hydrogen) atoms. The van der Waals surface area contributed by atoms with Gasteiger partial charge in [-0.05, 0) is 35.0 Å². The van der Waals surface area contributed by atoms with Gasteiger partial charge in [-0.25, -0.2) is 0 Å². The molecule has 2 rings (SSSR count). The summed E-state index contributed by atoms with van der Waals surface area (Å²) in [7, 11) is 0. The van der Waals surface area contributed by atoms with Crippen LogP contribution in [0.25, 0.3) is 10.9 Å². The van der Waals surface area contributed by atoms with Gasteiger partial charge >= 0.3 is 0 Å². The maximum Gasteiger partial charge on any atom is 0.145 e. The number of aliphatic hydroxyl groups excluding tert-OH is 1. The Balaban J connectivity index is 2.71. The highest BCUT2D eigenvalue weighted by molar-refractivity contribution is 9.10. The summed E-state index contributed by atoms with van der Waals surface area (Å²) >= 11 is 9.52. The van der Waals surface area contributed by atoms with E-state index in [2.05, 4.69) is 21.0 Å². The molecule has 4 nitrogen and oxygen atoms in total. The number of rotatable bonds is 4. The summed E-state index contributed by atoms with van der Waals surface area (Å²) in [6.07, 6.45) is 0. The van der Waals surface area contributed by atoms with Crippen LogP contribution in [0, 0.1) is 0 Å². The first kappa shape index (κ1) is 12.7. The molecule has 1 heterocycles. The number of hydrogen-bond acceptors (Lipinski definition) is 3. The molecule has 0 aliphatic heterocycles. The van der Waals surface area contributed by atoms with Crippen molar-refractivity contribution in [3.05, 3.63) is 21.8 Å². The van der Waals surface area contributed by atoms with Crippen molar-refractivity contribution in [3.8, 4) is 5.75 Å². The van der Waals surface area contributed by atoms with Crippen LogP contribution in [0.4, 0.5) is 0 Å². The van der Waals surface area contributed by atoms with Crippen molar-refractivity contribution >= 4 is 38.4 Å². The van der Waals surface area contributed by atoms with E-state index in [0.29, 0.717) is 22.8 Å². The summed E-state index contributed by atoms with van der Waals surface area (Å²) in [6.45, 7) is 2.91. The zero-order valence-corrected chi connectivity index (χ0v) is 11.6. The minimum absolute atomic E-state index is 0.0152. The molecule has 0 fully saturated rings. The molecule has 0 aliphatic rings. The third-order valence-electron chi connectivity index (χ3n) is 2.37. The van der Waals surface area contributed by atoms with Crippen LogP contribution in [-0.2, 0) is 6.54 Å². The standard InChI is InChI=1S/C11H12BrClN2O2/c1-2-17-8-4-3-7(13)9-10(8)15(5-6-16)14-11(9)12/h3-4,16H,2,5-6H2,1H3. The summed E-state index contributed by atoms with van der Waals surface area (Å²) in [6, 6.07) is 3.60. The number of aromatic nitrogens is 2. The highest BCUT2D eigenvalue weighted by Crippen LogP contribution is 2.36. The van der Waals surface area contributed by atoms with E-state index in [1.54, 1.807) is 10.7 Å². The molecule has 92 valence electrons. The van der Waals surface area contributed by atoms with Gasteiger partial charge < -0.3 is 9.84 Å². The van der Waals surface area contributed by atoms with Crippen molar-refractivity contribution in [3.63, 3.8) is 0 Å². The molecule has 0 aliphatic carbocycles. The van der Waals surface area contributed by atoms with Gasteiger partial charge in [-0.3, -0.25) is 4.68 Å². The first-order valence-electron chi connectivity index (χ1n) is 5.27. The number of benzene rings is 1. The molecule has 0 spiro atoms. The fourth-order valence-electron chi connectivity index (χ4n) is 1.73. The van der Waals surface area contributed by atoms with Crippen LogP contribution in [0.3, 0.4) is 0 Å². The van der Waals surface area contributed by atoms with E-state index < -0.39 is 0 Å². The van der Waals surface area contributed by atoms with E-state index in [1.165, 1.54) is 0 Å². The summed E-state index contributed by atoms with van der Waals surface area (Å²) in [4.78, 5) is 0. The molecule has 1 N–H and O–H groups in total. The third-order valence-corrected chi connectivity index (χ3v) is 3.24. The monoisotopic (exact) mass is 318 g/mol. The van der Waals surface area contributed by atoms with Crippen molar-refractivity contribution < 1.29 is 9.84 Å². The van der Waals surface area contributed by atoms with Crippen molar-refractivity contribution in [2.45, 2.75) is 13.5 Å². The van der Waals surface area contributed by atoms with Crippen LogP contribution in [0.1, 0.15) is 6.92 Å². The molecule has 0 atom stereocenters. The number of ether oxygens (including phenoxy) is 1. The molecular weight excluding hydrogens is 307 g/mol. The second-order valence-corrected chi connectivity index (χ2v) is 4.60. The Morgan fingerprint density at radius 3 is 2.94 bits per heavy atom. The van der Waals surface area contributed by atoms with Gasteiger partial charge in [0, 0.05) is 0 Å². The number of nitrogens with zero attached hydrogens (tertiary/aromatic N) is 2. The molecule has 0 bridgehead atoms. The van der Waals surface area contributed by atoms with Crippen LogP contribution < -0.4 is 4.74 Å². The van der Waals surface area contributed by atoms with Gasteiger partial charge in [0.05, 0.1) is 30.2 Å². The molecular formula is C11H12BrClN2O2. The van der Waals surface area contributed by atoms with E-state index in [4.69, 9.17) is 21.4 Å². The molecule has 0 saturated carbocycles. The third kappa shape index (κ3) is 2.27. The normalized spacial score (nSPS) is 11.1. The topological polar surface area (TPSA) is 47.3 Å². The van der Waals surface area contributed by atoms with Crippen LogP contribution >= 0.6 is 27.5 Å². The number of fused-ring (bicyclic) bond motifs is 1. The highest BCUT2D eigenvalue weighted by atomic mass is 79.9. The quantitative estimate of drug-likeness (QED) is 0.942. The van der Waals surface area contributed by atoms with Gasteiger partial charge in [0.25, 0.3) is 0 Å². The Hall–Kier alpha value is -0.780. The second kappa shape index (κ2) is 5.25. The van der Waals surface area contributed by atoms with E-state index in [1.807, 2.05) is 13.0 Å². The lowest BCUT2D eigenvalue weighted by Gasteiger charge is -2.08. The van der Waals surface area contributed by atoms with Gasteiger partial charge in [0.2, 0.25) is 0 Å². The van der Waals surface area contributed by atoms with Gasteiger partial charge in [0.1, 0.15) is 15.9 Å². The molecule has 0 saturated heterocycles. The zero-order valence-electron chi connectivity index (χ0n) is 9.28. The Bertz CT molecular complexity index is 542. The SMILES string of the molecule is CCOc1ccc(Cl)c2c(Br)nn(CCO)c12. The lowest BCUT2D eigenvalue weighted by molar-refractivity contribution is 0.270. The smallest absolute Gasteiger partial charge is 0.145 e. The molecule has 2 aromatic rings. The maximum atomic E-state index is 9.03. The first-order valence-corrected chi connectivity index (χ1v) is 6.44. The average molecular weight is 320 g/mol. The van der Waals surface area contributed by atoms with Crippen molar-refractivity contribution in [1.82, 2.24) is 9.78 Å². The highest BCUT2D eigenvalue weighted by Gasteiger charge is 2.16. The van der Waals surface area contributed by atoms with Gasteiger partial charge in [0.15, 0.2) is 0 Å².